The Balaban J connectivity index is 2.14. The van der Waals surface area contributed by atoms with Crippen LogP contribution in [0.3, 0.4) is 0 Å². The van der Waals surface area contributed by atoms with Gasteiger partial charge in [0.05, 0.1) is 10.2 Å². The summed E-state index contributed by atoms with van der Waals surface area (Å²) in [6.45, 7) is 3.72. The molecule has 1 aromatic heterocycles. The first kappa shape index (κ1) is 13.5. The van der Waals surface area contributed by atoms with Crippen LogP contribution < -0.4 is 5.43 Å². The highest BCUT2D eigenvalue weighted by Gasteiger charge is 2.02. The highest BCUT2D eigenvalue weighted by atomic mass is 79.9. The van der Waals surface area contributed by atoms with Crippen LogP contribution in [-0.2, 0) is 0 Å². The van der Waals surface area contributed by atoms with Crippen LogP contribution in [0.15, 0.2) is 40.2 Å². The second kappa shape index (κ2) is 5.79. The third kappa shape index (κ3) is 3.51. The molecule has 0 radical (unpaired) electrons. The second-order valence-electron chi connectivity index (χ2n) is 4.04. The Morgan fingerprint density at radius 1 is 1.32 bits per heavy atom. The van der Waals surface area contributed by atoms with Gasteiger partial charge in [-0.25, -0.2) is 15.4 Å². The summed E-state index contributed by atoms with van der Waals surface area (Å²) in [5.74, 6) is 0.707. The lowest BCUT2D eigenvalue weighted by atomic mass is 10.1. The summed E-state index contributed by atoms with van der Waals surface area (Å²) >= 11 is 3.26. The molecule has 1 aromatic carbocycles. The minimum absolute atomic E-state index is 0.278. The number of halogens is 1. The summed E-state index contributed by atoms with van der Waals surface area (Å²) in [5.41, 5.74) is 5.32. The smallest absolute Gasteiger partial charge is 0.243 e. The maximum Gasteiger partial charge on any atom is 0.243 e. The normalized spacial score (nSPS) is 11.4. The van der Waals surface area contributed by atoms with Gasteiger partial charge in [-0.3, -0.25) is 0 Å². The number of benzene rings is 1. The number of nitrogens with one attached hydrogen (secondary N) is 1. The van der Waals surface area contributed by atoms with Gasteiger partial charge < -0.3 is 5.11 Å². The second-order valence-corrected chi connectivity index (χ2v) is 4.95. The first-order chi connectivity index (χ1) is 9.06. The van der Waals surface area contributed by atoms with Crippen molar-refractivity contribution in [2.75, 3.05) is 5.43 Å². The molecular formula is C13H13BrN4O. The summed E-state index contributed by atoms with van der Waals surface area (Å²) in [7, 11) is 0. The summed E-state index contributed by atoms with van der Waals surface area (Å²) < 4.78 is 0.813. The minimum atomic E-state index is 0.278. The average Bonchev–Trinajstić information content (AvgIpc) is 2.41. The van der Waals surface area contributed by atoms with Crippen molar-refractivity contribution >= 4 is 27.6 Å². The number of hydrazone groups is 1. The Morgan fingerprint density at radius 3 is 2.63 bits per heavy atom. The SMILES string of the molecule is C/C(=N\Nc1ncc(Br)cn1)c1ccc(O)c(C)c1. The molecule has 5 nitrogen and oxygen atoms in total. The summed E-state index contributed by atoms with van der Waals surface area (Å²) in [4.78, 5) is 8.12. The largest absolute Gasteiger partial charge is 0.508 e. The maximum absolute atomic E-state index is 9.48. The summed E-state index contributed by atoms with van der Waals surface area (Å²) in [5, 5.41) is 13.7. The molecule has 98 valence electrons. The molecule has 0 bridgehead atoms. The Bertz CT molecular complexity index is 611. The van der Waals surface area contributed by atoms with Crippen molar-refractivity contribution in [2.24, 2.45) is 5.10 Å². The van der Waals surface area contributed by atoms with Crippen LogP contribution in [0.4, 0.5) is 5.95 Å². The number of aromatic hydroxyl groups is 1. The van der Waals surface area contributed by atoms with Gasteiger partial charge in [0.2, 0.25) is 5.95 Å². The van der Waals surface area contributed by atoms with Crippen LogP contribution in [0.1, 0.15) is 18.1 Å². The number of nitrogens with zero attached hydrogens (tertiary/aromatic N) is 3. The van der Waals surface area contributed by atoms with E-state index < -0.39 is 0 Å². The van der Waals surface area contributed by atoms with Crippen LogP contribution in [0.5, 0.6) is 5.75 Å². The zero-order valence-corrected chi connectivity index (χ0v) is 12.1. The molecule has 2 aromatic rings. The van der Waals surface area contributed by atoms with Gasteiger partial charge in [0.15, 0.2) is 0 Å². The van der Waals surface area contributed by atoms with Crippen molar-refractivity contribution < 1.29 is 5.11 Å². The van der Waals surface area contributed by atoms with Gasteiger partial charge in [-0.05, 0) is 59.1 Å². The number of aryl methyl sites for hydroxylation is 1. The third-order valence-corrected chi connectivity index (χ3v) is 2.97. The van der Waals surface area contributed by atoms with E-state index in [1.54, 1.807) is 18.5 Å². The Kier molecular flexibility index (Phi) is 4.11. The molecule has 1 heterocycles. The van der Waals surface area contributed by atoms with Crippen molar-refractivity contribution in [1.82, 2.24) is 9.97 Å². The van der Waals surface area contributed by atoms with E-state index in [-0.39, 0.29) is 5.75 Å². The van der Waals surface area contributed by atoms with E-state index in [2.05, 4.69) is 36.4 Å². The third-order valence-electron chi connectivity index (χ3n) is 2.56. The van der Waals surface area contributed by atoms with Crippen molar-refractivity contribution in [1.29, 1.82) is 0 Å². The molecule has 2 rings (SSSR count). The van der Waals surface area contributed by atoms with E-state index in [0.29, 0.717) is 5.95 Å². The van der Waals surface area contributed by atoms with Gasteiger partial charge in [0, 0.05) is 12.4 Å². The molecule has 0 atom stereocenters. The highest BCUT2D eigenvalue weighted by molar-refractivity contribution is 9.10. The fourth-order valence-corrected chi connectivity index (χ4v) is 1.65. The minimum Gasteiger partial charge on any atom is -0.508 e. The van der Waals surface area contributed by atoms with E-state index >= 15 is 0 Å². The van der Waals surface area contributed by atoms with E-state index in [1.807, 2.05) is 26.0 Å². The fraction of sp³-hybridized carbons (Fsp3) is 0.154. The standard InChI is InChI=1S/C13H13BrN4O/c1-8-5-10(3-4-12(8)19)9(2)17-18-13-15-6-11(14)7-16-13/h3-7,19H,1-2H3,(H,15,16,18)/b17-9+. The van der Waals surface area contributed by atoms with Gasteiger partial charge in [0.1, 0.15) is 5.75 Å². The molecule has 0 saturated heterocycles. The van der Waals surface area contributed by atoms with Gasteiger partial charge in [-0.2, -0.15) is 5.10 Å². The molecule has 0 aliphatic rings. The number of phenolic OH excluding ortho intramolecular Hbond substituents is 1. The van der Waals surface area contributed by atoms with Crippen LogP contribution >= 0.6 is 15.9 Å². The molecule has 0 aliphatic heterocycles. The van der Waals surface area contributed by atoms with Crippen LogP contribution in [-0.4, -0.2) is 20.8 Å². The highest BCUT2D eigenvalue weighted by Crippen LogP contribution is 2.17. The molecular weight excluding hydrogens is 308 g/mol. The van der Waals surface area contributed by atoms with Gasteiger partial charge in [-0.1, -0.05) is 0 Å². The summed E-state index contributed by atoms with van der Waals surface area (Å²) in [6.07, 6.45) is 3.29. The van der Waals surface area contributed by atoms with Crippen molar-refractivity contribution in [3.05, 3.63) is 46.2 Å². The zero-order valence-electron chi connectivity index (χ0n) is 10.6. The molecule has 2 N–H and O–H groups in total. The van der Waals surface area contributed by atoms with E-state index in [1.165, 1.54) is 0 Å². The molecule has 19 heavy (non-hydrogen) atoms. The molecule has 0 fully saturated rings. The number of aromatic nitrogens is 2. The number of hydrogen-bond donors (Lipinski definition) is 2. The lowest BCUT2D eigenvalue weighted by molar-refractivity contribution is 0.471. The Labute approximate surface area is 119 Å². The van der Waals surface area contributed by atoms with Crippen molar-refractivity contribution in [2.45, 2.75) is 13.8 Å². The molecule has 0 amide bonds. The average molecular weight is 321 g/mol. The number of anilines is 1. The first-order valence-electron chi connectivity index (χ1n) is 5.64. The van der Waals surface area contributed by atoms with E-state index in [9.17, 15) is 5.11 Å². The topological polar surface area (TPSA) is 70.4 Å². The van der Waals surface area contributed by atoms with E-state index in [4.69, 9.17) is 0 Å². The first-order valence-corrected chi connectivity index (χ1v) is 6.43. The monoisotopic (exact) mass is 320 g/mol. The lowest BCUT2D eigenvalue weighted by Gasteiger charge is -2.04. The Morgan fingerprint density at radius 2 is 2.00 bits per heavy atom. The molecule has 0 unspecified atom stereocenters. The quantitative estimate of drug-likeness (QED) is 0.673. The molecule has 0 aliphatic carbocycles. The molecule has 0 spiro atoms. The number of phenols is 1. The lowest BCUT2D eigenvalue weighted by Crippen LogP contribution is -2.02. The van der Waals surface area contributed by atoms with Crippen LogP contribution in [0, 0.1) is 6.92 Å². The fourth-order valence-electron chi connectivity index (χ4n) is 1.45. The maximum atomic E-state index is 9.48. The van der Waals surface area contributed by atoms with Crippen LogP contribution in [0.2, 0.25) is 0 Å². The molecule has 0 saturated carbocycles. The number of rotatable bonds is 3. The zero-order chi connectivity index (χ0) is 13.8. The van der Waals surface area contributed by atoms with Crippen LogP contribution in [0.25, 0.3) is 0 Å². The Hall–Kier alpha value is -1.95. The summed E-state index contributed by atoms with van der Waals surface area (Å²) in [6, 6.07) is 5.34. The molecule has 6 heteroatoms. The van der Waals surface area contributed by atoms with Gasteiger partial charge in [0.25, 0.3) is 0 Å². The van der Waals surface area contributed by atoms with Crippen molar-refractivity contribution in [3.63, 3.8) is 0 Å². The predicted octanol–water partition coefficient (Wildman–Crippen LogP) is 3.09. The number of hydrogen-bond acceptors (Lipinski definition) is 5. The van der Waals surface area contributed by atoms with Gasteiger partial charge >= 0.3 is 0 Å². The van der Waals surface area contributed by atoms with Gasteiger partial charge in [-0.15, -0.1) is 0 Å². The van der Waals surface area contributed by atoms with Crippen molar-refractivity contribution in [3.8, 4) is 5.75 Å². The predicted molar refractivity (Wildman–Crippen MR) is 78.4 cm³/mol. The van der Waals surface area contributed by atoms with E-state index in [0.717, 1.165) is 21.3 Å².